The van der Waals surface area contributed by atoms with Crippen LogP contribution >= 0.6 is 0 Å². The minimum Gasteiger partial charge on any atom is -0.352 e. The average Bonchev–Trinajstić information content (AvgIpc) is 3.32. The van der Waals surface area contributed by atoms with Crippen molar-refractivity contribution in [3.63, 3.8) is 0 Å². The first-order valence-corrected chi connectivity index (χ1v) is 12.1. The molecule has 9 heteroatoms. The van der Waals surface area contributed by atoms with Crippen molar-refractivity contribution in [2.24, 2.45) is 5.73 Å². The van der Waals surface area contributed by atoms with Crippen molar-refractivity contribution < 1.29 is 9.18 Å². The maximum absolute atomic E-state index is 13.7. The van der Waals surface area contributed by atoms with Crippen LogP contribution in [-0.2, 0) is 11.3 Å². The fraction of sp³-hybridized carbons (Fsp3) is 0.103. The number of aromatic nitrogens is 4. The van der Waals surface area contributed by atoms with Gasteiger partial charge in [-0.1, -0.05) is 36.9 Å². The molecular formula is C29H26FN7O. The van der Waals surface area contributed by atoms with Crippen LogP contribution in [0.1, 0.15) is 17.5 Å². The van der Waals surface area contributed by atoms with Crippen LogP contribution in [0.3, 0.4) is 0 Å². The minimum absolute atomic E-state index is 0.110. The quantitative estimate of drug-likeness (QED) is 0.268. The first kappa shape index (κ1) is 24.8. The first-order chi connectivity index (χ1) is 18.5. The summed E-state index contributed by atoms with van der Waals surface area (Å²) in [4.78, 5) is 25.8. The highest BCUT2D eigenvalue weighted by Crippen LogP contribution is 2.32. The van der Waals surface area contributed by atoms with Gasteiger partial charge in [0.05, 0.1) is 17.1 Å². The van der Waals surface area contributed by atoms with E-state index in [2.05, 4.69) is 22.2 Å². The molecule has 0 fully saturated rings. The number of nitrogens with one attached hydrogen (secondary N) is 2. The Labute approximate surface area is 219 Å². The molecule has 0 aliphatic carbocycles. The number of fused-ring (bicyclic) bond motifs is 1. The molecule has 3 heterocycles. The second kappa shape index (κ2) is 11.0. The molecule has 1 amide bonds. The molecule has 0 saturated carbocycles. The van der Waals surface area contributed by atoms with Crippen LogP contribution in [0.25, 0.3) is 34.0 Å². The molecule has 0 radical (unpaired) electrons. The summed E-state index contributed by atoms with van der Waals surface area (Å²) in [6.45, 7) is 4.76. The van der Waals surface area contributed by atoms with Gasteiger partial charge < -0.3 is 16.4 Å². The van der Waals surface area contributed by atoms with E-state index in [1.807, 2.05) is 53.1 Å². The van der Waals surface area contributed by atoms with Gasteiger partial charge in [0, 0.05) is 43.2 Å². The molecule has 38 heavy (non-hydrogen) atoms. The van der Waals surface area contributed by atoms with Gasteiger partial charge in [-0.2, -0.15) is 0 Å². The topological polar surface area (TPSA) is 110 Å². The standard InChI is InChI=1S/C29H26FN7O/c1-19(21-5-3-2-4-6-21)34-29-32-15-12-24(35-29)28-27(22-7-9-23(30)10-8-22)36-25-17-20(13-16-37(25)28)18-33-26(38)11-14-31/h2-10,12-13,15-17H,1,11,14,18,31H2,(H,33,38)(H,32,34,35). The summed E-state index contributed by atoms with van der Waals surface area (Å²) >= 11 is 0. The molecule has 4 N–H and O–H groups in total. The van der Waals surface area contributed by atoms with E-state index in [9.17, 15) is 9.18 Å². The highest BCUT2D eigenvalue weighted by Gasteiger charge is 2.18. The summed E-state index contributed by atoms with van der Waals surface area (Å²) < 4.78 is 15.6. The van der Waals surface area contributed by atoms with E-state index in [4.69, 9.17) is 15.7 Å². The largest absolute Gasteiger partial charge is 0.352 e. The zero-order valence-electron chi connectivity index (χ0n) is 20.6. The van der Waals surface area contributed by atoms with Gasteiger partial charge in [0.25, 0.3) is 0 Å². The molecule has 0 atom stereocenters. The van der Waals surface area contributed by atoms with E-state index in [0.717, 1.165) is 22.4 Å². The Bertz CT molecular complexity index is 1600. The molecule has 3 aromatic heterocycles. The lowest BCUT2D eigenvalue weighted by Gasteiger charge is -2.10. The Hall–Kier alpha value is -4.89. The number of carbonyl (C=O) groups is 1. The number of imidazole rings is 1. The number of rotatable bonds is 9. The number of amides is 1. The third kappa shape index (κ3) is 5.42. The van der Waals surface area contributed by atoms with Crippen molar-refractivity contribution in [3.8, 4) is 22.6 Å². The number of hydrogen-bond donors (Lipinski definition) is 3. The molecule has 0 aliphatic rings. The molecule has 0 spiro atoms. The zero-order valence-corrected chi connectivity index (χ0v) is 20.6. The second-order valence-electron chi connectivity index (χ2n) is 8.63. The lowest BCUT2D eigenvalue weighted by Crippen LogP contribution is -2.25. The Morgan fingerprint density at radius 1 is 1.03 bits per heavy atom. The highest BCUT2D eigenvalue weighted by atomic mass is 19.1. The van der Waals surface area contributed by atoms with Crippen molar-refractivity contribution in [1.29, 1.82) is 0 Å². The maximum atomic E-state index is 13.7. The van der Waals surface area contributed by atoms with Gasteiger partial charge in [0.2, 0.25) is 11.9 Å². The molecule has 5 rings (SSSR count). The van der Waals surface area contributed by atoms with E-state index in [1.54, 1.807) is 24.4 Å². The number of nitrogens with zero attached hydrogens (tertiary/aromatic N) is 4. The molecule has 2 aromatic carbocycles. The van der Waals surface area contributed by atoms with Crippen LogP contribution in [0.15, 0.2) is 91.8 Å². The summed E-state index contributed by atoms with van der Waals surface area (Å²) in [7, 11) is 0. The van der Waals surface area contributed by atoms with E-state index in [1.165, 1.54) is 12.1 Å². The predicted molar refractivity (Wildman–Crippen MR) is 146 cm³/mol. The number of hydrogen-bond acceptors (Lipinski definition) is 6. The third-order valence-corrected chi connectivity index (χ3v) is 5.95. The van der Waals surface area contributed by atoms with Crippen molar-refractivity contribution in [3.05, 3.63) is 109 Å². The van der Waals surface area contributed by atoms with Gasteiger partial charge in [-0.15, -0.1) is 0 Å². The fourth-order valence-corrected chi connectivity index (χ4v) is 4.07. The average molecular weight is 508 g/mol. The third-order valence-electron chi connectivity index (χ3n) is 5.95. The van der Waals surface area contributed by atoms with Gasteiger partial charge in [0.1, 0.15) is 11.5 Å². The molecular weight excluding hydrogens is 481 g/mol. The van der Waals surface area contributed by atoms with Crippen LogP contribution < -0.4 is 16.4 Å². The van der Waals surface area contributed by atoms with Gasteiger partial charge in [-0.05, 0) is 53.6 Å². The Morgan fingerprint density at radius 2 is 1.82 bits per heavy atom. The Kier molecular flexibility index (Phi) is 7.19. The predicted octanol–water partition coefficient (Wildman–Crippen LogP) is 4.65. The van der Waals surface area contributed by atoms with Crippen LogP contribution in [0.4, 0.5) is 10.3 Å². The van der Waals surface area contributed by atoms with Gasteiger partial charge in [0.15, 0.2) is 0 Å². The summed E-state index contributed by atoms with van der Waals surface area (Å²) in [6.07, 6.45) is 3.82. The van der Waals surface area contributed by atoms with E-state index >= 15 is 0 Å². The van der Waals surface area contributed by atoms with E-state index < -0.39 is 0 Å². The van der Waals surface area contributed by atoms with Crippen LogP contribution in [0.2, 0.25) is 0 Å². The summed E-state index contributed by atoms with van der Waals surface area (Å²) in [6, 6.07) is 21.5. The molecule has 8 nitrogen and oxygen atoms in total. The molecule has 190 valence electrons. The van der Waals surface area contributed by atoms with Gasteiger partial charge >= 0.3 is 0 Å². The van der Waals surface area contributed by atoms with Gasteiger partial charge in [-0.3, -0.25) is 9.20 Å². The number of pyridine rings is 1. The summed E-state index contributed by atoms with van der Waals surface area (Å²) in [5.41, 5.74) is 11.3. The molecule has 5 aromatic rings. The Balaban J connectivity index is 1.54. The molecule has 0 saturated heterocycles. The van der Waals surface area contributed by atoms with E-state index in [0.29, 0.717) is 41.8 Å². The number of benzene rings is 2. The van der Waals surface area contributed by atoms with Crippen molar-refractivity contribution in [2.45, 2.75) is 13.0 Å². The summed E-state index contributed by atoms with van der Waals surface area (Å²) in [5, 5.41) is 6.04. The zero-order chi connectivity index (χ0) is 26.5. The van der Waals surface area contributed by atoms with Crippen LogP contribution in [-0.4, -0.2) is 31.8 Å². The van der Waals surface area contributed by atoms with Crippen LogP contribution in [0.5, 0.6) is 0 Å². The smallest absolute Gasteiger partial charge is 0.227 e. The maximum Gasteiger partial charge on any atom is 0.227 e. The molecule has 0 aliphatic heterocycles. The van der Waals surface area contributed by atoms with E-state index in [-0.39, 0.29) is 18.1 Å². The molecule has 0 unspecified atom stereocenters. The minimum atomic E-state index is -0.331. The lowest BCUT2D eigenvalue weighted by atomic mass is 10.1. The first-order valence-electron chi connectivity index (χ1n) is 12.1. The van der Waals surface area contributed by atoms with Crippen LogP contribution in [0, 0.1) is 5.82 Å². The second-order valence-corrected chi connectivity index (χ2v) is 8.63. The Morgan fingerprint density at radius 3 is 2.58 bits per heavy atom. The number of nitrogens with two attached hydrogens (primary N) is 1. The fourth-order valence-electron chi connectivity index (χ4n) is 4.07. The van der Waals surface area contributed by atoms with Crippen molar-refractivity contribution in [1.82, 2.24) is 24.7 Å². The highest BCUT2D eigenvalue weighted by molar-refractivity contribution is 5.81. The lowest BCUT2D eigenvalue weighted by molar-refractivity contribution is -0.121. The number of carbonyl (C=O) groups excluding carboxylic acids is 1. The number of anilines is 1. The normalized spacial score (nSPS) is 10.9. The molecule has 0 bridgehead atoms. The van der Waals surface area contributed by atoms with Crippen molar-refractivity contribution >= 4 is 23.2 Å². The van der Waals surface area contributed by atoms with Crippen molar-refractivity contribution in [2.75, 3.05) is 11.9 Å². The van der Waals surface area contributed by atoms with Gasteiger partial charge in [-0.25, -0.2) is 19.3 Å². The SMILES string of the molecule is C=C(Nc1nccc(-c2c(-c3ccc(F)cc3)nc3cc(CNC(=O)CCN)ccn23)n1)c1ccccc1. The monoisotopic (exact) mass is 507 g/mol. The number of halogens is 1. The summed E-state index contributed by atoms with van der Waals surface area (Å²) in [5.74, 6) is -0.0559.